The van der Waals surface area contributed by atoms with Gasteiger partial charge >= 0.3 is 0 Å². The van der Waals surface area contributed by atoms with Crippen molar-refractivity contribution in [3.05, 3.63) is 70.5 Å². The van der Waals surface area contributed by atoms with Gasteiger partial charge in [0.2, 0.25) is 15.9 Å². The van der Waals surface area contributed by atoms with Crippen molar-refractivity contribution < 1.29 is 17.6 Å². The van der Waals surface area contributed by atoms with Crippen molar-refractivity contribution in [2.75, 3.05) is 6.54 Å². The summed E-state index contributed by atoms with van der Waals surface area (Å²) in [5, 5.41) is 7.71. The lowest BCUT2D eigenvalue weighted by atomic mass is 10.1. The highest BCUT2D eigenvalue weighted by Crippen LogP contribution is 2.16. The van der Waals surface area contributed by atoms with Crippen molar-refractivity contribution in [2.24, 2.45) is 5.14 Å². The number of hydrogen-bond acceptors (Lipinski definition) is 3. The van der Waals surface area contributed by atoms with E-state index in [1.165, 1.54) is 42.5 Å². The Bertz CT molecular complexity index is 897. The molecule has 1 amide bonds. The molecule has 0 aliphatic rings. The number of nitrogens with two attached hydrogens (primary N) is 1. The fourth-order valence-electron chi connectivity index (χ4n) is 2.02. The van der Waals surface area contributed by atoms with Crippen LogP contribution in [0.5, 0.6) is 0 Å². The van der Waals surface area contributed by atoms with Crippen LogP contribution in [0.1, 0.15) is 11.1 Å². The first kappa shape index (κ1) is 19.1. The van der Waals surface area contributed by atoms with Gasteiger partial charge in [-0.25, -0.2) is 17.9 Å². The van der Waals surface area contributed by atoms with E-state index in [4.69, 9.17) is 16.7 Å². The molecule has 0 bridgehead atoms. The third-order valence-electron chi connectivity index (χ3n) is 3.34. The van der Waals surface area contributed by atoms with Gasteiger partial charge < -0.3 is 5.32 Å². The predicted molar refractivity (Wildman–Crippen MR) is 95.0 cm³/mol. The standard InChI is InChI=1S/C17H16ClFN2O3S/c18-15-11-13(3-7-16(15)19)4-8-17(22)21-10-9-12-1-5-14(6-2-12)25(20,23)24/h1-8,11H,9-10H2,(H,21,22)(H2,20,23,24). The lowest BCUT2D eigenvalue weighted by Gasteiger charge is -2.04. The van der Waals surface area contributed by atoms with Gasteiger partial charge in [-0.05, 0) is 47.9 Å². The molecule has 0 atom stereocenters. The number of carbonyl (C=O) groups is 1. The summed E-state index contributed by atoms with van der Waals surface area (Å²) in [7, 11) is -3.70. The van der Waals surface area contributed by atoms with Crippen LogP contribution in [-0.2, 0) is 21.2 Å². The number of nitrogens with one attached hydrogen (secondary N) is 1. The van der Waals surface area contributed by atoms with Crippen molar-refractivity contribution in [2.45, 2.75) is 11.3 Å². The predicted octanol–water partition coefficient (Wildman–Crippen LogP) is 2.50. The van der Waals surface area contributed by atoms with Crippen LogP contribution in [0.2, 0.25) is 5.02 Å². The normalized spacial score (nSPS) is 11.6. The van der Waals surface area contributed by atoms with Gasteiger partial charge in [0, 0.05) is 12.6 Å². The smallest absolute Gasteiger partial charge is 0.244 e. The summed E-state index contributed by atoms with van der Waals surface area (Å²) in [5.74, 6) is -0.821. The van der Waals surface area contributed by atoms with Crippen molar-refractivity contribution in [3.8, 4) is 0 Å². The summed E-state index contributed by atoms with van der Waals surface area (Å²) in [6.45, 7) is 0.377. The monoisotopic (exact) mass is 382 g/mol. The van der Waals surface area contributed by atoms with E-state index in [1.807, 2.05) is 0 Å². The Hall–Kier alpha value is -2.22. The van der Waals surface area contributed by atoms with E-state index in [0.717, 1.165) is 5.56 Å². The highest BCUT2D eigenvalue weighted by Gasteiger charge is 2.06. The van der Waals surface area contributed by atoms with Crippen molar-refractivity contribution in [1.82, 2.24) is 5.32 Å². The molecule has 0 spiro atoms. The van der Waals surface area contributed by atoms with E-state index in [1.54, 1.807) is 12.1 Å². The van der Waals surface area contributed by atoms with Gasteiger partial charge in [-0.15, -0.1) is 0 Å². The van der Waals surface area contributed by atoms with Gasteiger partial charge in [0.15, 0.2) is 0 Å². The summed E-state index contributed by atoms with van der Waals surface area (Å²) in [6, 6.07) is 10.3. The first-order valence-electron chi connectivity index (χ1n) is 7.28. The van der Waals surface area contributed by atoms with E-state index < -0.39 is 15.8 Å². The van der Waals surface area contributed by atoms with Gasteiger partial charge in [0.1, 0.15) is 5.82 Å². The molecule has 0 radical (unpaired) electrons. The fraction of sp³-hybridized carbons (Fsp3) is 0.118. The molecule has 0 aliphatic heterocycles. The molecule has 132 valence electrons. The van der Waals surface area contributed by atoms with Crippen LogP contribution in [0, 0.1) is 5.82 Å². The summed E-state index contributed by atoms with van der Waals surface area (Å²) in [4.78, 5) is 11.8. The number of carbonyl (C=O) groups excluding carboxylic acids is 1. The summed E-state index contributed by atoms with van der Waals surface area (Å²) in [6.07, 6.45) is 3.39. The number of benzene rings is 2. The number of rotatable bonds is 6. The molecule has 0 aliphatic carbocycles. The Morgan fingerprint density at radius 2 is 1.88 bits per heavy atom. The third kappa shape index (κ3) is 5.97. The molecule has 0 aromatic heterocycles. The molecule has 0 saturated carbocycles. The molecule has 0 heterocycles. The van der Waals surface area contributed by atoms with Crippen LogP contribution >= 0.6 is 11.6 Å². The second-order valence-electron chi connectivity index (χ2n) is 5.24. The maximum Gasteiger partial charge on any atom is 0.244 e. The zero-order valence-electron chi connectivity index (χ0n) is 13.1. The summed E-state index contributed by atoms with van der Waals surface area (Å²) in [5.41, 5.74) is 1.47. The van der Waals surface area contributed by atoms with Gasteiger partial charge in [0.05, 0.1) is 9.92 Å². The number of sulfonamides is 1. The fourth-order valence-corrected chi connectivity index (χ4v) is 2.73. The number of amides is 1. The van der Waals surface area contributed by atoms with E-state index in [2.05, 4.69) is 5.32 Å². The van der Waals surface area contributed by atoms with Gasteiger partial charge in [-0.1, -0.05) is 29.8 Å². The highest BCUT2D eigenvalue weighted by atomic mass is 35.5. The molecule has 0 fully saturated rings. The molecule has 2 aromatic rings. The molecule has 5 nitrogen and oxygen atoms in total. The van der Waals surface area contributed by atoms with Crippen molar-refractivity contribution >= 4 is 33.6 Å². The first-order valence-corrected chi connectivity index (χ1v) is 9.21. The Kier molecular flexibility index (Phi) is 6.30. The van der Waals surface area contributed by atoms with Crippen LogP contribution < -0.4 is 10.5 Å². The Labute approximate surface area is 150 Å². The summed E-state index contributed by atoms with van der Waals surface area (Å²) >= 11 is 5.66. The SMILES string of the molecule is NS(=O)(=O)c1ccc(CCNC(=O)C=Cc2ccc(F)c(Cl)c2)cc1. The number of primary sulfonamides is 1. The largest absolute Gasteiger partial charge is 0.352 e. The van der Waals surface area contributed by atoms with Gasteiger partial charge in [-0.3, -0.25) is 4.79 Å². The second-order valence-corrected chi connectivity index (χ2v) is 7.21. The number of halogens is 2. The van der Waals surface area contributed by atoms with E-state index in [-0.39, 0.29) is 15.8 Å². The third-order valence-corrected chi connectivity index (χ3v) is 4.55. The molecule has 8 heteroatoms. The molecule has 0 saturated heterocycles. The van der Waals surface area contributed by atoms with Gasteiger partial charge in [0.25, 0.3) is 0 Å². The Morgan fingerprint density at radius 3 is 2.48 bits per heavy atom. The minimum absolute atomic E-state index is 0.00880. The van der Waals surface area contributed by atoms with Crippen LogP contribution in [0.15, 0.2) is 53.4 Å². The lowest BCUT2D eigenvalue weighted by molar-refractivity contribution is -0.116. The topological polar surface area (TPSA) is 89.3 Å². The van der Waals surface area contributed by atoms with Crippen LogP contribution in [0.3, 0.4) is 0 Å². The zero-order valence-corrected chi connectivity index (χ0v) is 14.6. The maximum atomic E-state index is 13.0. The van der Waals surface area contributed by atoms with Crippen LogP contribution in [-0.4, -0.2) is 20.9 Å². The van der Waals surface area contributed by atoms with Crippen LogP contribution in [0.25, 0.3) is 6.08 Å². The average molecular weight is 383 g/mol. The number of hydrogen-bond donors (Lipinski definition) is 2. The van der Waals surface area contributed by atoms with E-state index >= 15 is 0 Å². The first-order chi connectivity index (χ1) is 11.8. The van der Waals surface area contributed by atoms with Crippen LogP contribution in [0.4, 0.5) is 4.39 Å². The maximum absolute atomic E-state index is 13.0. The second kappa shape index (κ2) is 8.24. The molecule has 25 heavy (non-hydrogen) atoms. The molecule has 3 N–H and O–H groups in total. The average Bonchev–Trinajstić information content (AvgIpc) is 2.55. The van der Waals surface area contributed by atoms with Crippen molar-refractivity contribution in [1.29, 1.82) is 0 Å². The Balaban J connectivity index is 1.84. The molecule has 0 unspecified atom stereocenters. The minimum Gasteiger partial charge on any atom is -0.352 e. The molecular formula is C17H16ClFN2O3S. The Morgan fingerprint density at radius 1 is 1.20 bits per heavy atom. The molecule has 2 aromatic carbocycles. The quantitative estimate of drug-likeness (QED) is 0.752. The highest BCUT2D eigenvalue weighted by molar-refractivity contribution is 7.89. The molecule has 2 rings (SSSR count). The van der Waals surface area contributed by atoms with E-state index in [9.17, 15) is 17.6 Å². The minimum atomic E-state index is -3.70. The molecular weight excluding hydrogens is 367 g/mol. The van der Waals surface area contributed by atoms with Crippen molar-refractivity contribution in [3.63, 3.8) is 0 Å². The van der Waals surface area contributed by atoms with Gasteiger partial charge in [-0.2, -0.15) is 0 Å². The summed E-state index contributed by atoms with van der Waals surface area (Å²) < 4.78 is 35.4. The lowest BCUT2D eigenvalue weighted by Crippen LogP contribution is -2.23. The van der Waals surface area contributed by atoms with E-state index in [0.29, 0.717) is 18.5 Å². The zero-order chi connectivity index (χ0) is 18.4.